The Balaban J connectivity index is 0.984. The Kier molecular flexibility index (Phi) is 20.2. The molecule has 4 aromatic rings. The van der Waals surface area contributed by atoms with Crippen LogP contribution in [0.4, 0.5) is 24.5 Å². The molecule has 0 radical (unpaired) electrons. The summed E-state index contributed by atoms with van der Waals surface area (Å²) in [6.45, 7) is 16.3. The Morgan fingerprint density at radius 3 is 2.21 bits per heavy atom. The van der Waals surface area contributed by atoms with E-state index in [4.69, 9.17) is 20.6 Å². The molecule has 2 N–H and O–H groups in total. The summed E-state index contributed by atoms with van der Waals surface area (Å²) in [5.74, 6) is 0.176. The van der Waals surface area contributed by atoms with Crippen molar-refractivity contribution in [1.82, 2.24) is 14.5 Å². The number of anilines is 2. The highest BCUT2D eigenvalue weighted by Gasteiger charge is 2.48. The monoisotopic (exact) mass is 1090 g/mol. The summed E-state index contributed by atoms with van der Waals surface area (Å²) in [5, 5.41) is 3.87. The fourth-order valence-corrected chi connectivity index (χ4v) is 14.2. The maximum absolute atomic E-state index is 14.4. The number of nitrogens with zero attached hydrogens (tertiary/aromatic N) is 3. The van der Waals surface area contributed by atoms with E-state index in [1.807, 2.05) is 68.4 Å². The molecule has 2 atom stereocenters. The van der Waals surface area contributed by atoms with Crippen LogP contribution in [0.5, 0.6) is 0 Å². The Morgan fingerprint density at radius 2 is 1.57 bits per heavy atom. The lowest BCUT2D eigenvalue weighted by Gasteiger charge is -2.39. The minimum Gasteiger partial charge on any atom is -0.380 e. The molecule has 2 fully saturated rings. The molecule has 2 aliphatic heterocycles. The molecule has 4 aromatic carbocycles. The number of halogens is 4. The summed E-state index contributed by atoms with van der Waals surface area (Å²) >= 11 is 7.72. The van der Waals surface area contributed by atoms with Crippen LogP contribution in [-0.2, 0) is 29.9 Å². The smallest absolute Gasteiger partial charge is 0.380 e. The van der Waals surface area contributed by atoms with E-state index in [9.17, 15) is 30.6 Å². The zero-order chi connectivity index (χ0) is 51.5. The standard InChI is InChI=1S/C53H68ClF3N5O6PS3/c1-5-67-69(68-6-2)37-39-23-27-60(28-24-39)29-25-44(38-70-46-10-8-7-9-11-46)58-49-21-20-47(34-50(49)72(65,66)53(55,56)57)71(64)59-51(63)41-14-18-45(19-15-41)62-32-30-61(31-33-62)36-42-35-52(3,4)26-22-48(42)40-12-16-43(54)17-13-40/h7-21,34,39,44,58H,5-6,22-33,35-38H2,1-4H3,(H,59,63). The highest BCUT2D eigenvalue weighted by Crippen LogP contribution is 2.44. The van der Waals surface area contributed by atoms with Gasteiger partial charge >= 0.3 is 5.51 Å². The SMILES string of the molecule is CCOP(CC1CCN(CCC(CSc2ccccc2)Nc2ccc(S(=O)NC(=O)c3ccc(N4CCN(CC5=C(c6ccc(Cl)cc6)CCC(C)(C)C5)CC4)cc3)cc2S(=O)(=O)C(F)(F)F)CC1)OCC. The van der Waals surface area contributed by atoms with E-state index in [0.29, 0.717) is 37.9 Å². The molecule has 2 saturated heterocycles. The molecule has 7 rings (SSSR count). The van der Waals surface area contributed by atoms with Gasteiger partial charge in [-0.2, -0.15) is 13.2 Å². The normalized spacial score (nSPS) is 18.3. The number of hydrogen-bond acceptors (Lipinski definition) is 11. The second-order valence-corrected chi connectivity index (χ2v) is 25.6. The number of carbonyl (C=O) groups is 1. The van der Waals surface area contributed by atoms with Crippen molar-refractivity contribution >= 4 is 75.4 Å². The number of hydrogen-bond donors (Lipinski definition) is 2. The van der Waals surface area contributed by atoms with Gasteiger partial charge in [0.1, 0.15) is 4.90 Å². The highest BCUT2D eigenvalue weighted by molar-refractivity contribution is 7.99. The number of piperidine rings is 1. The summed E-state index contributed by atoms with van der Waals surface area (Å²) in [6.07, 6.45) is 6.54. The van der Waals surface area contributed by atoms with E-state index in [1.165, 1.54) is 40.6 Å². The highest BCUT2D eigenvalue weighted by atomic mass is 35.5. The predicted molar refractivity (Wildman–Crippen MR) is 288 cm³/mol. The largest absolute Gasteiger partial charge is 0.501 e. The first kappa shape index (κ1) is 56.2. The van der Waals surface area contributed by atoms with Crippen LogP contribution in [0.25, 0.3) is 5.57 Å². The Hall–Kier alpha value is -3.51. The summed E-state index contributed by atoms with van der Waals surface area (Å²) in [5.41, 5.74) is -0.423. The zero-order valence-corrected chi connectivity index (χ0v) is 45.7. The van der Waals surface area contributed by atoms with Crippen LogP contribution in [0.1, 0.15) is 82.1 Å². The summed E-state index contributed by atoms with van der Waals surface area (Å²) in [4.78, 5) is 20.1. The van der Waals surface area contributed by atoms with Crippen LogP contribution in [0, 0.1) is 11.3 Å². The van der Waals surface area contributed by atoms with Crippen molar-refractivity contribution in [1.29, 1.82) is 0 Å². The lowest BCUT2D eigenvalue weighted by Crippen LogP contribution is -2.47. The minimum atomic E-state index is -5.92. The Labute approximate surface area is 437 Å². The second-order valence-electron chi connectivity index (χ2n) is 19.4. The van der Waals surface area contributed by atoms with Crippen LogP contribution < -0.4 is 14.9 Å². The molecular weight excluding hydrogens is 1020 g/mol. The van der Waals surface area contributed by atoms with Crippen LogP contribution in [0.3, 0.4) is 0 Å². The predicted octanol–water partition coefficient (Wildman–Crippen LogP) is 11.9. The number of nitrogens with one attached hydrogen (secondary N) is 2. The molecule has 1 amide bonds. The van der Waals surface area contributed by atoms with E-state index in [1.54, 1.807) is 12.1 Å². The molecule has 0 bridgehead atoms. The van der Waals surface area contributed by atoms with Gasteiger partial charge in [0.2, 0.25) is 0 Å². The third kappa shape index (κ3) is 15.5. The van der Waals surface area contributed by atoms with E-state index in [0.717, 1.165) is 106 Å². The van der Waals surface area contributed by atoms with Crippen LogP contribution in [-0.4, -0.2) is 117 Å². The molecule has 0 saturated carbocycles. The fourth-order valence-electron chi connectivity index (χ4n) is 9.61. The topological polar surface area (TPSA) is 121 Å². The number of sulfone groups is 1. The molecule has 0 spiro atoms. The minimum absolute atomic E-state index is 0.192. The van der Waals surface area contributed by atoms with Crippen molar-refractivity contribution in [2.75, 3.05) is 87.7 Å². The number of benzene rings is 4. The number of amides is 1. The first-order valence-corrected chi connectivity index (χ1v) is 30.2. The van der Waals surface area contributed by atoms with Crippen molar-refractivity contribution in [3.63, 3.8) is 0 Å². The fraction of sp³-hybridized carbons (Fsp3) is 0.491. The number of alkyl halides is 3. The first-order chi connectivity index (χ1) is 34.4. The van der Waals surface area contributed by atoms with Crippen molar-refractivity contribution < 1.29 is 39.6 Å². The average molecular weight is 1090 g/mol. The van der Waals surface area contributed by atoms with Gasteiger partial charge in [0.05, 0.1) is 23.8 Å². The number of likely N-dealkylation sites (tertiary alicyclic amines) is 1. The van der Waals surface area contributed by atoms with Gasteiger partial charge in [-0.15, -0.1) is 11.8 Å². The van der Waals surface area contributed by atoms with Crippen LogP contribution in [0.15, 0.2) is 117 Å². The molecule has 2 unspecified atom stereocenters. The van der Waals surface area contributed by atoms with Gasteiger partial charge in [0.15, 0.2) is 19.4 Å². The van der Waals surface area contributed by atoms with Crippen LogP contribution >= 0.6 is 31.7 Å². The molecule has 392 valence electrons. The van der Waals surface area contributed by atoms with E-state index in [2.05, 4.69) is 50.7 Å². The molecule has 0 aromatic heterocycles. The van der Waals surface area contributed by atoms with Gasteiger partial charge in [-0.3, -0.25) is 14.4 Å². The number of piperazine rings is 1. The van der Waals surface area contributed by atoms with Gasteiger partial charge in [-0.1, -0.05) is 61.4 Å². The number of rotatable bonds is 22. The van der Waals surface area contributed by atoms with Gasteiger partial charge < -0.3 is 24.2 Å². The first-order valence-electron chi connectivity index (χ1n) is 24.8. The summed E-state index contributed by atoms with van der Waals surface area (Å²) in [6, 6.07) is 27.4. The summed E-state index contributed by atoms with van der Waals surface area (Å²) < 4.78 is 97.2. The van der Waals surface area contributed by atoms with Crippen molar-refractivity contribution in [2.24, 2.45) is 11.3 Å². The third-order valence-electron chi connectivity index (χ3n) is 13.6. The third-order valence-corrected chi connectivity index (χ3v) is 19.5. The number of allylic oxidation sites excluding steroid dienone is 1. The van der Waals surface area contributed by atoms with Crippen molar-refractivity contribution in [3.05, 3.63) is 119 Å². The molecule has 3 aliphatic rings. The van der Waals surface area contributed by atoms with Gasteiger partial charge in [-0.05, 0) is 155 Å². The average Bonchev–Trinajstić information content (AvgIpc) is 3.36. The molecule has 19 heteroatoms. The van der Waals surface area contributed by atoms with Crippen molar-refractivity contribution in [2.45, 2.75) is 92.5 Å². The molecular formula is C53H68ClF3N5O6PS3. The van der Waals surface area contributed by atoms with E-state index >= 15 is 0 Å². The maximum atomic E-state index is 14.4. The number of thioether (sulfide) groups is 1. The second kappa shape index (κ2) is 25.8. The lowest BCUT2D eigenvalue weighted by molar-refractivity contribution is -0.0435. The molecule has 1 aliphatic carbocycles. The lowest BCUT2D eigenvalue weighted by atomic mass is 9.73. The van der Waals surface area contributed by atoms with Gasteiger partial charge in [0.25, 0.3) is 15.7 Å². The van der Waals surface area contributed by atoms with E-state index in [-0.39, 0.29) is 21.6 Å². The van der Waals surface area contributed by atoms with Gasteiger partial charge in [-0.25, -0.2) is 12.6 Å². The molecule has 72 heavy (non-hydrogen) atoms. The van der Waals surface area contributed by atoms with E-state index < -0.39 is 51.6 Å². The number of carbonyl (C=O) groups excluding carboxylic acids is 1. The molecule has 11 nitrogen and oxygen atoms in total. The Morgan fingerprint density at radius 1 is 0.903 bits per heavy atom. The summed E-state index contributed by atoms with van der Waals surface area (Å²) in [7, 11) is -9.26. The van der Waals surface area contributed by atoms with Crippen LogP contribution in [0.2, 0.25) is 5.02 Å². The quantitative estimate of drug-likeness (QED) is 0.0578. The van der Waals surface area contributed by atoms with Gasteiger partial charge in [0, 0.05) is 78.4 Å². The van der Waals surface area contributed by atoms with Crippen molar-refractivity contribution in [3.8, 4) is 0 Å². The maximum Gasteiger partial charge on any atom is 0.501 e. The zero-order valence-electron chi connectivity index (χ0n) is 41.6. The Bertz CT molecular complexity index is 2570. The molecule has 2 heterocycles.